The van der Waals surface area contributed by atoms with Crippen LogP contribution in [0.3, 0.4) is 0 Å². The van der Waals surface area contributed by atoms with E-state index in [9.17, 15) is 19.2 Å². The molecule has 0 amide bonds. The molecule has 0 aliphatic carbocycles. The van der Waals surface area contributed by atoms with Crippen molar-refractivity contribution in [2.24, 2.45) is 5.41 Å². The first kappa shape index (κ1) is 31.6. The summed E-state index contributed by atoms with van der Waals surface area (Å²) in [6, 6.07) is 0. The van der Waals surface area contributed by atoms with Crippen LogP contribution in [0.1, 0.15) is 46.5 Å². The van der Waals surface area contributed by atoms with Crippen molar-refractivity contribution in [3.63, 3.8) is 0 Å². The number of ether oxygens (including phenoxy) is 8. The third-order valence-electron chi connectivity index (χ3n) is 6.56. The number of carbonyl (C=O) groups is 4. The predicted molar refractivity (Wildman–Crippen MR) is 135 cm³/mol. The summed E-state index contributed by atoms with van der Waals surface area (Å²) in [7, 11) is 0. The van der Waals surface area contributed by atoms with Gasteiger partial charge < -0.3 is 37.9 Å². The van der Waals surface area contributed by atoms with Crippen molar-refractivity contribution in [2.45, 2.75) is 63.9 Å². The van der Waals surface area contributed by atoms with Gasteiger partial charge in [0.15, 0.2) is 17.5 Å². The van der Waals surface area contributed by atoms with Crippen LogP contribution in [0.5, 0.6) is 0 Å². The van der Waals surface area contributed by atoms with Crippen LogP contribution in [0.2, 0.25) is 0 Å². The van der Waals surface area contributed by atoms with E-state index in [0.717, 1.165) is 18.6 Å². The Bertz CT molecular complexity index is 993. The number of carbonyl (C=O) groups excluding carboxylic acids is 4. The molecule has 0 spiro atoms. The summed E-state index contributed by atoms with van der Waals surface area (Å²) in [4.78, 5) is 44.0. The molecule has 3 heterocycles. The van der Waals surface area contributed by atoms with Crippen molar-refractivity contribution in [3.8, 4) is 0 Å². The third kappa shape index (κ3) is 8.69. The summed E-state index contributed by atoms with van der Waals surface area (Å²) in [6.07, 6.45) is 2.20. The van der Waals surface area contributed by atoms with E-state index in [1.54, 1.807) is 13.8 Å². The van der Waals surface area contributed by atoms with E-state index in [-0.39, 0.29) is 31.2 Å². The lowest BCUT2D eigenvalue weighted by Crippen LogP contribution is -2.47. The number of hydrogen-bond donors (Lipinski definition) is 0. The van der Waals surface area contributed by atoms with E-state index >= 15 is 0 Å². The lowest BCUT2D eigenvalue weighted by Gasteiger charge is -2.40. The molecule has 3 saturated heterocycles. The van der Waals surface area contributed by atoms with Crippen molar-refractivity contribution < 1.29 is 57.1 Å². The molecular weight excluding hydrogens is 516 g/mol. The molecular formula is C27H36O12. The molecule has 0 bridgehead atoms. The van der Waals surface area contributed by atoms with Gasteiger partial charge in [0.2, 0.25) is 0 Å². The lowest BCUT2D eigenvalue weighted by atomic mass is 9.87. The highest BCUT2D eigenvalue weighted by Crippen LogP contribution is 2.37. The van der Waals surface area contributed by atoms with Crippen molar-refractivity contribution in [1.29, 1.82) is 0 Å². The van der Waals surface area contributed by atoms with Crippen molar-refractivity contribution in [1.82, 2.24) is 0 Å². The number of esters is 2. The van der Waals surface area contributed by atoms with Crippen LogP contribution in [-0.2, 0) is 47.5 Å². The monoisotopic (exact) mass is 552 g/mol. The molecule has 3 rings (SSSR count). The van der Waals surface area contributed by atoms with E-state index in [1.807, 2.05) is 6.92 Å². The molecule has 0 radical (unpaired) electrons. The molecule has 3 aliphatic rings. The quantitative estimate of drug-likeness (QED) is 0.156. The predicted octanol–water partition coefficient (Wildman–Crippen LogP) is 4.25. The molecule has 0 N–H and O–H groups in total. The molecule has 2 atom stereocenters. The van der Waals surface area contributed by atoms with Gasteiger partial charge in [0.25, 0.3) is 0 Å². The zero-order chi connectivity index (χ0) is 29.3. The maximum absolute atomic E-state index is 11.2. The first-order valence-electron chi connectivity index (χ1n) is 12.3. The summed E-state index contributed by atoms with van der Waals surface area (Å²) < 4.78 is 41.0. The highest BCUT2D eigenvalue weighted by Gasteiger charge is 2.47. The van der Waals surface area contributed by atoms with Crippen LogP contribution < -0.4 is 0 Å². The van der Waals surface area contributed by atoms with Gasteiger partial charge in [-0.2, -0.15) is 0 Å². The van der Waals surface area contributed by atoms with Gasteiger partial charge in [0.1, 0.15) is 18.1 Å². The van der Waals surface area contributed by atoms with E-state index in [2.05, 4.69) is 26.3 Å². The number of cyclic esters (lactones) is 4. The minimum absolute atomic E-state index is 0.198. The fourth-order valence-corrected chi connectivity index (χ4v) is 3.67. The van der Waals surface area contributed by atoms with Crippen molar-refractivity contribution >= 4 is 24.2 Å². The first-order valence-corrected chi connectivity index (χ1v) is 12.3. The summed E-state index contributed by atoms with van der Waals surface area (Å²) in [6.45, 7) is 20.5. The summed E-state index contributed by atoms with van der Waals surface area (Å²) >= 11 is 0. The number of rotatable bonds is 11. The third-order valence-corrected chi connectivity index (χ3v) is 6.56. The fourth-order valence-electron chi connectivity index (χ4n) is 3.67. The van der Waals surface area contributed by atoms with Crippen LogP contribution in [-0.4, -0.2) is 68.2 Å². The molecule has 39 heavy (non-hydrogen) atoms. The maximum atomic E-state index is 11.2. The Kier molecular flexibility index (Phi) is 10.9. The number of hydrogen-bond acceptors (Lipinski definition) is 12. The van der Waals surface area contributed by atoms with Gasteiger partial charge in [0.05, 0.1) is 25.2 Å². The van der Waals surface area contributed by atoms with Gasteiger partial charge >= 0.3 is 24.2 Å². The van der Waals surface area contributed by atoms with E-state index in [1.165, 1.54) is 0 Å². The summed E-state index contributed by atoms with van der Waals surface area (Å²) in [5.74, 6) is -0.420. The molecule has 2 unspecified atom stereocenters. The van der Waals surface area contributed by atoms with Gasteiger partial charge in [0, 0.05) is 18.6 Å². The zero-order valence-electron chi connectivity index (χ0n) is 22.6. The van der Waals surface area contributed by atoms with Crippen LogP contribution in [0.25, 0.3) is 0 Å². The molecule has 3 fully saturated rings. The Morgan fingerprint density at radius 3 is 1.90 bits per heavy atom. The van der Waals surface area contributed by atoms with Crippen LogP contribution >= 0.6 is 0 Å². The Balaban J connectivity index is 0.000000293. The highest BCUT2D eigenvalue weighted by atomic mass is 16.8. The molecule has 0 saturated carbocycles. The van der Waals surface area contributed by atoms with Gasteiger partial charge in [-0.1, -0.05) is 33.2 Å². The largest absolute Gasteiger partial charge is 0.514 e. The average molecular weight is 553 g/mol. The van der Waals surface area contributed by atoms with Gasteiger partial charge in [-0.15, -0.1) is 0 Å². The Hall–Kier alpha value is -3.64. The van der Waals surface area contributed by atoms with Gasteiger partial charge in [-0.25, -0.2) is 19.2 Å². The van der Waals surface area contributed by atoms with Crippen LogP contribution in [0.15, 0.2) is 50.0 Å². The maximum Gasteiger partial charge on any atom is 0.514 e. The van der Waals surface area contributed by atoms with Crippen LogP contribution in [0.4, 0.5) is 9.59 Å². The molecule has 0 aromatic rings. The second-order valence-corrected chi connectivity index (χ2v) is 9.61. The molecule has 12 heteroatoms. The average Bonchev–Trinajstić information content (AvgIpc) is 3.31. The van der Waals surface area contributed by atoms with Crippen LogP contribution in [0, 0.1) is 5.41 Å². The second-order valence-electron chi connectivity index (χ2n) is 9.61. The Labute approximate surface area is 227 Å². The Morgan fingerprint density at radius 2 is 1.44 bits per heavy atom. The molecule has 12 nitrogen and oxygen atoms in total. The molecule has 216 valence electrons. The smallest absolute Gasteiger partial charge is 0.463 e. The summed E-state index contributed by atoms with van der Waals surface area (Å²) in [5.41, 5.74) is -2.18. The first-order chi connectivity index (χ1) is 18.3. The van der Waals surface area contributed by atoms with Crippen molar-refractivity contribution in [3.05, 3.63) is 50.0 Å². The normalized spacial score (nSPS) is 29.6. The van der Waals surface area contributed by atoms with Crippen molar-refractivity contribution in [2.75, 3.05) is 26.4 Å². The van der Waals surface area contributed by atoms with E-state index in [0.29, 0.717) is 26.1 Å². The van der Waals surface area contributed by atoms with Gasteiger partial charge in [-0.3, -0.25) is 0 Å². The van der Waals surface area contributed by atoms with E-state index in [4.69, 9.17) is 37.9 Å². The topological polar surface area (TPSA) is 142 Å². The lowest BCUT2D eigenvalue weighted by molar-refractivity contribution is -0.249. The molecule has 3 aliphatic heterocycles. The minimum atomic E-state index is -0.969. The minimum Gasteiger partial charge on any atom is -0.463 e. The van der Waals surface area contributed by atoms with Gasteiger partial charge in [-0.05, 0) is 33.1 Å². The zero-order valence-corrected chi connectivity index (χ0v) is 22.6. The molecule has 0 aromatic heterocycles. The fraction of sp³-hybridized carbons (Fsp3) is 0.556. The Morgan fingerprint density at radius 1 is 0.923 bits per heavy atom. The standard InChI is InChI=1S/C16H22O7.C11H14O5/c1-5-12(17)19-8-16(6-2)9-20-13(21-10-16)7-15(4)11(3)22-14(18)23-15;1-4-9(12)14-7-5-6-11(3)8(2)15-10(13)16-11/h5,13H,1,3,6-10H2,2,4H3;4H,1-2,5-7H2,3H3. The summed E-state index contributed by atoms with van der Waals surface area (Å²) in [5, 5.41) is 0. The second kappa shape index (κ2) is 13.4. The SMILES string of the molecule is C=CC(=O)OCC1(CC)COC(CC2(C)OC(=O)OC2=C)OC1.C=CC(=O)OCCCC1(C)OC(=O)OC1=C. The highest BCUT2D eigenvalue weighted by molar-refractivity contribution is 5.81. The molecule has 0 aromatic carbocycles. The van der Waals surface area contributed by atoms with E-state index < -0.39 is 47.2 Å².